The van der Waals surface area contributed by atoms with Crippen molar-refractivity contribution < 1.29 is 9.47 Å². The summed E-state index contributed by atoms with van der Waals surface area (Å²) in [5, 5.41) is 3.46. The molecule has 2 aromatic rings. The molecular formula is C16H18BrNO2. The first-order valence-corrected chi connectivity index (χ1v) is 7.18. The minimum Gasteiger partial charge on any atom is -0.497 e. The van der Waals surface area contributed by atoms with Gasteiger partial charge in [-0.1, -0.05) is 34.1 Å². The monoisotopic (exact) mass is 335 g/mol. The van der Waals surface area contributed by atoms with Crippen molar-refractivity contribution in [1.29, 1.82) is 0 Å². The fourth-order valence-electron chi connectivity index (χ4n) is 2.06. The molecule has 1 atom stereocenters. The molecule has 20 heavy (non-hydrogen) atoms. The van der Waals surface area contributed by atoms with Gasteiger partial charge < -0.3 is 14.8 Å². The van der Waals surface area contributed by atoms with Gasteiger partial charge in [-0.05, 0) is 30.7 Å². The molecule has 0 spiro atoms. The number of ether oxygens (including phenoxy) is 2. The Labute approximate surface area is 128 Å². The third kappa shape index (κ3) is 3.25. The lowest BCUT2D eigenvalue weighted by atomic mass is 10.1. The number of benzene rings is 2. The summed E-state index contributed by atoms with van der Waals surface area (Å²) in [4.78, 5) is 0. The quantitative estimate of drug-likeness (QED) is 0.863. The topological polar surface area (TPSA) is 30.5 Å². The van der Waals surface area contributed by atoms with Crippen LogP contribution in [-0.4, -0.2) is 14.2 Å². The second kappa shape index (κ2) is 6.66. The highest BCUT2D eigenvalue weighted by molar-refractivity contribution is 9.10. The third-order valence-corrected chi connectivity index (χ3v) is 3.87. The van der Waals surface area contributed by atoms with Crippen LogP contribution in [0.25, 0.3) is 0 Å². The van der Waals surface area contributed by atoms with E-state index >= 15 is 0 Å². The first-order chi connectivity index (χ1) is 9.65. The number of halogens is 1. The van der Waals surface area contributed by atoms with Crippen molar-refractivity contribution >= 4 is 21.6 Å². The van der Waals surface area contributed by atoms with Crippen LogP contribution in [0.15, 0.2) is 46.9 Å². The smallest absolute Gasteiger partial charge is 0.142 e. The van der Waals surface area contributed by atoms with Gasteiger partial charge in [0.05, 0.1) is 19.9 Å². The number of methoxy groups -OCH3 is 2. The van der Waals surface area contributed by atoms with Crippen LogP contribution in [-0.2, 0) is 0 Å². The van der Waals surface area contributed by atoms with E-state index < -0.39 is 0 Å². The highest BCUT2D eigenvalue weighted by Gasteiger charge is 2.12. The Bertz CT molecular complexity index is 586. The average molecular weight is 336 g/mol. The van der Waals surface area contributed by atoms with Gasteiger partial charge in [0.15, 0.2) is 0 Å². The highest BCUT2D eigenvalue weighted by Crippen LogP contribution is 2.33. The minimum absolute atomic E-state index is 0.145. The molecule has 0 radical (unpaired) electrons. The Morgan fingerprint density at radius 1 is 1.05 bits per heavy atom. The number of rotatable bonds is 5. The van der Waals surface area contributed by atoms with Crippen molar-refractivity contribution in [3.8, 4) is 11.5 Å². The van der Waals surface area contributed by atoms with Crippen molar-refractivity contribution in [2.45, 2.75) is 13.0 Å². The SMILES string of the molecule is COc1ccc(OC)c(NC(C)c2ccccc2Br)c1. The molecule has 0 saturated carbocycles. The molecule has 2 rings (SSSR count). The van der Waals surface area contributed by atoms with Gasteiger partial charge in [0.25, 0.3) is 0 Å². The fraction of sp³-hybridized carbons (Fsp3) is 0.250. The van der Waals surface area contributed by atoms with Gasteiger partial charge in [0.1, 0.15) is 11.5 Å². The Morgan fingerprint density at radius 2 is 1.80 bits per heavy atom. The predicted octanol–water partition coefficient (Wildman–Crippen LogP) is 4.64. The van der Waals surface area contributed by atoms with Gasteiger partial charge >= 0.3 is 0 Å². The van der Waals surface area contributed by atoms with Crippen LogP contribution in [0.4, 0.5) is 5.69 Å². The van der Waals surface area contributed by atoms with E-state index in [9.17, 15) is 0 Å². The molecule has 0 heterocycles. The lowest BCUT2D eigenvalue weighted by Crippen LogP contribution is -2.08. The second-order valence-corrected chi connectivity index (χ2v) is 5.31. The molecule has 106 valence electrons. The van der Waals surface area contributed by atoms with Crippen molar-refractivity contribution in [2.24, 2.45) is 0 Å². The van der Waals surface area contributed by atoms with Gasteiger partial charge in [-0.3, -0.25) is 0 Å². The van der Waals surface area contributed by atoms with Crippen molar-refractivity contribution in [2.75, 3.05) is 19.5 Å². The van der Waals surface area contributed by atoms with Crippen LogP contribution in [0.5, 0.6) is 11.5 Å². The zero-order valence-electron chi connectivity index (χ0n) is 11.8. The van der Waals surface area contributed by atoms with Gasteiger partial charge in [-0.2, -0.15) is 0 Å². The second-order valence-electron chi connectivity index (χ2n) is 4.45. The summed E-state index contributed by atoms with van der Waals surface area (Å²) in [6.07, 6.45) is 0. The first kappa shape index (κ1) is 14.7. The number of anilines is 1. The van der Waals surface area contributed by atoms with E-state index in [1.807, 2.05) is 36.4 Å². The molecule has 0 fully saturated rings. The van der Waals surface area contributed by atoms with Crippen LogP contribution >= 0.6 is 15.9 Å². The Morgan fingerprint density at radius 3 is 2.45 bits per heavy atom. The maximum atomic E-state index is 5.38. The lowest BCUT2D eigenvalue weighted by Gasteiger charge is -2.19. The summed E-state index contributed by atoms with van der Waals surface area (Å²) in [5.74, 6) is 1.59. The molecule has 2 aromatic carbocycles. The Kier molecular flexibility index (Phi) is 4.90. The Balaban J connectivity index is 2.27. The molecule has 0 amide bonds. The Hall–Kier alpha value is -1.68. The van der Waals surface area contributed by atoms with E-state index in [0.717, 1.165) is 21.7 Å². The van der Waals surface area contributed by atoms with Gasteiger partial charge in [-0.15, -0.1) is 0 Å². The summed E-state index contributed by atoms with van der Waals surface area (Å²) in [6, 6.07) is 14.0. The van der Waals surface area contributed by atoms with Crippen LogP contribution in [0.2, 0.25) is 0 Å². The summed E-state index contributed by atoms with van der Waals surface area (Å²) in [5.41, 5.74) is 2.10. The van der Waals surface area contributed by atoms with Gasteiger partial charge in [0.2, 0.25) is 0 Å². The molecule has 0 aliphatic carbocycles. The summed E-state index contributed by atoms with van der Waals surface area (Å²) in [7, 11) is 3.32. The summed E-state index contributed by atoms with van der Waals surface area (Å²) in [6.45, 7) is 2.11. The normalized spacial score (nSPS) is 11.8. The molecule has 4 heteroatoms. The molecule has 0 bridgehead atoms. The number of hydrogen-bond acceptors (Lipinski definition) is 3. The molecule has 0 saturated heterocycles. The maximum absolute atomic E-state index is 5.38. The highest BCUT2D eigenvalue weighted by atomic mass is 79.9. The van der Waals surface area contributed by atoms with Gasteiger partial charge in [-0.25, -0.2) is 0 Å². The molecule has 1 unspecified atom stereocenters. The van der Waals surface area contributed by atoms with E-state index in [-0.39, 0.29) is 6.04 Å². The molecule has 1 N–H and O–H groups in total. The van der Waals surface area contributed by atoms with Crippen LogP contribution < -0.4 is 14.8 Å². The van der Waals surface area contributed by atoms with E-state index in [2.05, 4.69) is 34.2 Å². The number of hydrogen-bond donors (Lipinski definition) is 1. The van der Waals surface area contributed by atoms with Crippen molar-refractivity contribution in [1.82, 2.24) is 0 Å². The van der Waals surface area contributed by atoms with Crippen LogP contribution in [0.3, 0.4) is 0 Å². The molecular weight excluding hydrogens is 318 g/mol. The van der Waals surface area contributed by atoms with E-state index in [4.69, 9.17) is 9.47 Å². The lowest BCUT2D eigenvalue weighted by molar-refractivity contribution is 0.404. The predicted molar refractivity (Wildman–Crippen MR) is 85.7 cm³/mol. The molecule has 0 aromatic heterocycles. The summed E-state index contributed by atoms with van der Waals surface area (Å²) >= 11 is 3.58. The van der Waals surface area contributed by atoms with E-state index in [1.165, 1.54) is 5.56 Å². The summed E-state index contributed by atoms with van der Waals surface area (Å²) < 4.78 is 11.7. The number of nitrogens with one attached hydrogen (secondary N) is 1. The largest absolute Gasteiger partial charge is 0.497 e. The van der Waals surface area contributed by atoms with E-state index in [0.29, 0.717) is 0 Å². The molecule has 3 nitrogen and oxygen atoms in total. The maximum Gasteiger partial charge on any atom is 0.142 e. The molecule has 0 aliphatic rings. The first-order valence-electron chi connectivity index (χ1n) is 6.38. The van der Waals surface area contributed by atoms with Crippen LogP contribution in [0, 0.1) is 0 Å². The van der Waals surface area contributed by atoms with Crippen LogP contribution in [0.1, 0.15) is 18.5 Å². The average Bonchev–Trinajstić information content (AvgIpc) is 2.47. The van der Waals surface area contributed by atoms with Crippen molar-refractivity contribution in [3.05, 3.63) is 52.5 Å². The van der Waals surface area contributed by atoms with Crippen molar-refractivity contribution in [3.63, 3.8) is 0 Å². The minimum atomic E-state index is 0.145. The third-order valence-electron chi connectivity index (χ3n) is 3.15. The molecule has 0 aliphatic heterocycles. The fourth-order valence-corrected chi connectivity index (χ4v) is 2.69. The standard InChI is InChI=1S/C16H18BrNO2/c1-11(13-6-4-5-7-14(13)17)18-15-10-12(19-2)8-9-16(15)20-3/h4-11,18H,1-3H3. The zero-order chi connectivity index (χ0) is 14.5. The van der Waals surface area contributed by atoms with E-state index in [1.54, 1.807) is 14.2 Å². The van der Waals surface area contributed by atoms with Gasteiger partial charge in [0, 0.05) is 16.6 Å². The zero-order valence-corrected chi connectivity index (χ0v) is 13.4.